The van der Waals surface area contributed by atoms with Crippen molar-refractivity contribution in [2.45, 2.75) is 58.9 Å². The van der Waals surface area contributed by atoms with Gasteiger partial charge in [-0.05, 0) is 50.9 Å². The Morgan fingerprint density at radius 1 is 1.21 bits per heavy atom. The van der Waals surface area contributed by atoms with Crippen LogP contribution in [0.1, 0.15) is 52.9 Å². The third-order valence-corrected chi connectivity index (χ3v) is 4.55. The molecule has 0 aromatic carbocycles. The molecule has 0 bridgehead atoms. The molecule has 1 saturated heterocycles. The normalized spacial score (nSPS) is 28.3. The van der Waals surface area contributed by atoms with Crippen LogP contribution < -0.4 is 0 Å². The Bertz CT molecular complexity index is 181. The van der Waals surface area contributed by atoms with Crippen LogP contribution in [0.5, 0.6) is 0 Å². The first-order valence-electron chi connectivity index (χ1n) is 6.39. The average Bonchev–Trinajstić information content (AvgIpc) is 2.14. The van der Waals surface area contributed by atoms with Crippen molar-refractivity contribution in [2.75, 3.05) is 13.1 Å². The lowest BCUT2D eigenvalue weighted by atomic mass is 9.65. The highest BCUT2D eigenvalue weighted by atomic mass is 15.2. The first kappa shape index (κ1) is 10.5. The van der Waals surface area contributed by atoms with Crippen LogP contribution in [0, 0.1) is 11.3 Å². The van der Waals surface area contributed by atoms with E-state index in [1.165, 1.54) is 45.2 Å². The molecule has 0 aromatic heterocycles. The molecule has 1 heteroatoms. The summed E-state index contributed by atoms with van der Waals surface area (Å²) in [7, 11) is 0. The van der Waals surface area contributed by atoms with E-state index in [2.05, 4.69) is 25.7 Å². The van der Waals surface area contributed by atoms with Crippen molar-refractivity contribution in [3.05, 3.63) is 0 Å². The molecular weight excluding hydrogens is 170 g/mol. The summed E-state index contributed by atoms with van der Waals surface area (Å²) in [6.45, 7) is 9.78. The van der Waals surface area contributed by atoms with Gasteiger partial charge in [0.1, 0.15) is 0 Å². The molecule has 2 rings (SSSR count). The van der Waals surface area contributed by atoms with Gasteiger partial charge in [-0.1, -0.05) is 13.3 Å². The summed E-state index contributed by atoms with van der Waals surface area (Å²) in [5.74, 6) is 1.05. The second-order valence-corrected chi connectivity index (χ2v) is 5.85. The Labute approximate surface area is 88.9 Å². The predicted octanol–water partition coefficient (Wildman–Crippen LogP) is 3.30. The van der Waals surface area contributed by atoms with Gasteiger partial charge >= 0.3 is 0 Å². The van der Waals surface area contributed by atoms with Crippen LogP contribution in [-0.4, -0.2) is 24.0 Å². The highest BCUT2D eigenvalue weighted by Gasteiger charge is 2.45. The molecule has 0 N–H and O–H groups in total. The molecule has 1 heterocycles. The van der Waals surface area contributed by atoms with E-state index < -0.39 is 0 Å². The first-order chi connectivity index (χ1) is 6.65. The van der Waals surface area contributed by atoms with Gasteiger partial charge < -0.3 is 0 Å². The summed E-state index contributed by atoms with van der Waals surface area (Å²) >= 11 is 0. The van der Waals surface area contributed by atoms with Gasteiger partial charge in [-0.3, -0.25) is 4.90 Å². The van der Waals surface area contributed by atoms with E-state index in [-0.39, 0.29) is 0 Å². The van der Waals surface area contributed by atoms with Gasteiger partial charge in [0, 0.05) is 19.1 Å². The van der Waals surface area contributed by atoms with E-state index in [0.717, 1.165) is 17.4 Å². The topological polar surface area (TPSA) is 3.24 Å². The summed E-state index contributed by atoms with van der Waals surface area (Å²) < 4.78 is 0. The number of rotatable bonds is 2. The van der Waals surface area contributed by atoms with Crippen LogP contribution in [0.4, 0.5) is 0 Å². The number of likely N-dealkylation sites (tertiary alicyclic amines) is 1. The van der Waals surface area contributed by atoms with Gasteiger partial charge in [0.05, 0.1) is 0 Å². The fraction of sp³-hybridized carbons (Fsp3) is 1.00. The lowest BCUT2D eigenvalue weighted by Gasteiger charge is -2.55. The van der Waals surface area contributed by atoms with Crippen molar-refractivity contribution in [1.82, 2.24) is 4.90 Å². The molecule has 0 unspecified atom stereocenters. The average molecular weight is 195 g/mol. The zero-order valence-corrected chi connectivity index (χ0v) is 10.1. The molecule has 0 aromatic rings. The molecule has 82 valence electrons. The van der Waals surface area contributed by atoms with Crippen LogP contribution in [0.2, 0.25) is 0 Å². The van der Waals surface area contributed by atoms with Gasteiger partial charge in [0.25, 0.3) is 0 Å². The zero-order chi connectivity index (χ0) is 10.2. The van der Waals surface area contributed by atoms with Crippen LogP contribution >= 0.6 is 0 Å². The van der Waals surface area contributed by atoms with Crippen LogP contribution in [0.25, 0.3) is 0 Å². The van der Waals surface area contributed by atoms with Gasteiger partial charge in [0.2, 0.25) is 0 Å². The monoisotopic (exact) mass is 195 g/mol. The minimum absolute atomic E-state index is 0.760. The molecule has 0 radical (unpaired) electrons. The van der Waals surface area contributed by atoms with Crippen LogP contribution in [0.3, 0.4) is 0 Å². The molecule has 1 nitrogen and oxygen atoms in total. The van der Waals surface area contributed by atoms with Gasteiger partial charge in [-0.15, -0.1) is 0 Å². The molecule has 2 fully saturated rings. The van der Waals surface area contributed by atoms with Gasteiger partial charge in [-0.25, -0.2) is 0 Å². The molecule has 1 saturated carbocycles. The third kappa shape index (κ3) is 1.84. The van der Waals surface area contributed by atoms with E-state index >= 15 is 0 Å². The Balaban J connectivity index is 1.80. The Kier molecular flexibility index (Phi) is 2.88. The standard InChI is InChI=1S/C13H25N/c1-4-12-5-7-13(8-6-12)9-14(10-13)11(2)3/h11-12H,4-10H2,1-3H3. The van der Waals surface area contributed by atoms with Crippen molar-refractivity contribution in [1.29, 1.82) is 0 Å². The second-order valence-electron chi connectivity index (χ2n) is 5.85. The maximum Gasteiger partial charge on any atom is 0.00532 e. The molecule has 1 aliphatic heterocycles. The van der Waals surface area contributed by atoms with E-state index in [0.29, 0.717) is 0 Å². The fourth-order valence-corrected chi connectivity index (χ4v) is 3.19. The van der Waals surface area contributed by atoms with Crippen LogP contribution in [-0.2, 0) is 0 Å². The fourth-order valence-electron chi connectivity index (χ4n) is 3.19. The lowest BCUT2D eigenvalue weighted by molar-refractivity contribution is -0.0554. The lowest BCUT2D eigenvalue weighted by Crippen LogP contribution is -2.59. The van der Waals surface area contributed by atoms with Crippen molar-refractivity contribution in [3.63, 3.8) is 0 Å². The Hall–Kier alpha value is -0.0400. The molecule has 0 amide bonds. The first-order valence-corrected chi connectivity index (χ1v) is 6.39. The number of hydrogen-bond acceptors (Lipinski definition) is 1. The summed E-state index contributed by atoms with van der Waals surface area (Å²) in [5, 5.41) is 0. The minimum Gasteiger partial charge on any atom is -0.300 e. The predicted molar refractivity (Wildman–Crippen MR) is 61.4 cm³/mol. The summed E-state index contributed by atoms with van der Waals surface area (Å²) in [6.07, 6.45) is 7.43. The van der Waals surface area contributed by atoms with Crippen molar-refractivity contribution in [3.8, 4) is 0 Å². The Morgan fingerprint density at radius 2 is 1.79 bits per heavy atom. The summed E-state index contributed by atoms with van der Waals surface area (Å²) in [5.41, 5.74) is 0.760. The number of hydrogen-bond donors (Lipinski definition) is 0. The molecule has 1 spiro atoms. The summed E-state index contributed by atoms with van der Waals surface area (Å²) in [6, 6.07) is 0.768. The minimum atomic E-state index is 0.760. The quantitative estimate of drug-likeness (QED) is 0.653. The molecule has 0 atom stereocenters. The van der Waals surface area contributed by atoms with Crippen LogP contribution in [0.15, 0.2) is 0 Å². The Morgan fingerprint density at radius 3 is 2.21 bits per heavy atom. The zero-order valence-electron chi connectivity index (χ0n) is 10.1. The SMILES string of the molecule is CCC1CCC2(CC1)CN(C(C)C)C2. The van der Waals surface area contributed by atoms with E-state index in [1.54, 1.807) is 0 Å². The maximum atomic E-state index is 2.63. The highest BCUT2D eigenvalue weighted by Crippen LogP contribution is 2.46. The maximum absolute atomic E-state index is 2.63. The largest absolute Gasteiger partial charge is 0.300 e. The second kappa shape index (κ2) is 3.84. The summed E-state index contributed by atoms with van der Waals surface area (Å²) in [4.78, 5) is 2.63. The third-order valence-electron chi connectivity index (χ3n) is 4.55. The van der Waals surface area contributed by atoms with E-state index in [1.807, 2.05) is 0 Å². The smallest absolute Gasteiger partial charge is 0.00532 e. The molecule has 1 aliphatic carbocycles. The van der Waals surface area contributed by atoms with Gasteiger partial charge in [0.15, 0.2) is 0 Å². The highest BCUT2D eigenvalue weighted by molar-refractivity contribution is 4.98. The molecule has 2 aliphatic rings. The van der Waals surface area contributed by atoms with Crippen molar-refractivity contribution >= 4 is 0 Å². The number of nitrogens with zero attached hydrogens (tertiary/aromatic N) is 1. The van der Waals surface area contributed by atoms with Gasteiger partial charge in [-0.2, -0.15) is 0 Å². The molecular formula is C13H25N. The van der Waals surface area contributed by atoms with Crippen molar-refractivity contribution in [2.24, 2.45) is 11.3 Å². The molecule has 14 heavy (non-hydrogen) atoms. The van der Waals surface area contributed by atoms with Crippen molar-refractivity contribution < 1.29 is 0 Å². The van der Waals surface area contributed by atoms with E-state index in [4.69, 9.17) is 0 Å². The van der Waals surface area contributed by atoms with E-state index in [9.17, 15) is 0 Å².